The van der Waals surface area contributed by atoms with Gasteiger partial charge in [0.2, 0.25) is 10.0 Å². The number of sulfonamides is 1. The zero-order valence-corrected chi connectivity index (χ0v) is 16.8. The molecule has 1 aliphatic heterocycles. The van der Waals surface area contributed by atoms with Gasteiger partial charge in [-0.05, 0) is 68.8 Å². The van der Waals surface area contributed by atoms with Crippen molar-refractivity contribution in [2.75, 3.05) is 30.4 Å². The van der Waals surface area contributed by atoms with Gasteiger partial charge in [0.1, 0.15) is 0 Å². The zero-order valence-electron chi connectivity index (χ0n) is 15.3. The van der Waals surface area contributed by atoms with E-state index < -0.39 is 15.9 Å². The van der Waals surface area contributed by atoms with Crippen LogP contribution < -0.4 is 14.9 Å². The molecule has 0 saturated carbocycles. The van der Waals surface area contributed by atoms with E-state index in [0.717, 1.165) is 24.3 Å². The van der Waals surface area contributed by atoms with Gasteiger partial charge in [-0.25, -0.2) is 13.1 Å². The summed E-state index contributed by atoms with van der Waals surface area (Å²) in [5, 5.41) is 3.01. The van der Waals surface area contributed by atoms with Crippen molar-refractivity contribution in [1.82, 2.24) is 4.72 Å². The number of hydrogen-bond donors (Lipinski definition) is 2. The van der Waals surface area contributed by atoms with Crippen LogP contribution in [0.1, 0.15) is 28.8 Å². The third-order valence-corrected chi connectivity index (χ3v) is 6.43. The lowest BCUT2D eigenvalue weighted by atomic mass is 10.1. The maximum Gasteiger partial charge on any atom is 0.257 e. The van der Waals surface area contributed by atoms with Gasteiger partial charge in [-0.1, -0.05) is 11.6 Å². The molecule has 144 valence electrons. The van der Waals surface area contributed by atoms with Crippen molar-refractivity contribution >= 4 is 38.9 Å². The number of amides is 1. The quantitative estimate of drug-likeness (QED) is 0.796. The molecule has 1 amide bonds. The molecule has 27 heavy (non-hydrogen) atoms. The number of nitrogens with zero attached hydrogens (tertiary/aromatic N) is 1. The van der Waals surface area contributed by atoms with Crippen molar-refractivity contribution in [2.24, 2.45) is 0 Å². The number of anilines is 2. The van der Waals surface area contributed by atoms with Crippen molar-refractivity contribution in [3.63, 3.8) is 0 Å². The van der Waals surface area contributed by atoms with E-state index in [2.05, 4.69) is 14.9 Å². The number of nitrogens with one attached hydrogen (secondary N) is 2. The van der Waals surface area contributed by atoms with Crippen molar-refractivity contribution < 1.29 is 13.2 Å². The second kappa shape index (κ2) is 7.88. The highest BCUT2D eigenvalue weighted by molar-refractivity contribution is 7.89. The maximum absolute atomic E-state index is 12.7. The Morgan fingerprint density at radius 3 is 2.44 bits per heavy atom. The molecule has 1 fully saturated rings. The van der Waals surface area contributed by atoms with E-state index in [1.165, 1.54) is 38.1 Å². The molecule has 1 saturated heterocycles. The van der Waals surface area contributed by atoms with Crippen LogP contribution in [0.15, 0.2) is 41.3 Å². The Kier molecular flexibility index (Phi) is 5.74. The lowest BCUT2D eigenvalue weighted by Gasteiger charge is -2.19. The molecule has 0 atom stereocenters. The van der Waals surface area contributed by atoms with Gasteiger partial charge in [0, 0.05) is 24.5 Å². The van der Waals surface area contributed by atoms with Gasteiger partial charge in [-0.15, -0.1) is 0 Å². The normalized spacial score (nSPS) is 14.4. The number of carbonyl (C=O) groups is 1. The molecule has 0 aromatic heterocycles. The van der Waals surface area contributed by atoms with E-state index in [1.54, 1.807) is 0 Å². The van der Waals surface area contributed by atoms with Gasteiger partial charge in [0.05, 0.1) is 15.5 Å². The zero-order chi connectivity index (χ0) is 19.6. The first-order valence-corrected chi connectivity index (χ1v) is 10.6. The number of carbonyl (C=O) groups excluding carboxylic acids is 1. The standard InChI is InChI=1S/C19H22ClN3O3S/c1-13-11-14(23-9-3-4-10-23)5-8-18(13)22-19(24)16-12-15(6-7-17(16)20)27(25,26)21-2/h5-8,11-12,21H,3-4,9-10H2,1-2H3,(H,22,24). The highest BCUT2D eigenvalue weighted by Crippen LogP contribution is 2.27. The molecule has 3 rings (SSSR count). The van der Waals surface area contributed by atoms with Crippen LogP contribution in [-0.4, -0.2) is 34.5 Å². The first-order chi connectivity index (χ1) is 12.8. The Balaban J connectivity index is 1.84. The summed E-state index contributed by atoms with van der Waals surface area (Å²) in [6.07, 6.45) is 2.39. The van der Waals surface area contributed by atoms with E-state index in [1.807, 2.05) is 25.1 Å². The largest absolute Gasteiger partial charge is 0.372 e. The minimum atomic E-state index is -3.66. The van der Waals surface area contributed by atoms with E-state index in [4.69, 9.17) is 11.6 Å². The topological polar surface area (TPSA) is 78.5 Å². The second-order valence-electron chi connectivity index (χ2n) is 6.50. The average Bonchev–Trinajstić information content (AvgIpc) is 3.18. The average molecular weight is 408 g/mol. The van der Waals surface area contributed by atoms with Crippen molar-refractivity contribution in [1.29, 1.82) is 0 Å². The molecule has 6 nitrogen and oxygen atoms in total. The van der Waals surface area contributed by atoms with Gasteiger partial charge in [-0.2, -0.15) is 0 Å². The smallest absolute Gasteiger partial charge is 0.257 e. The molecule has 0 bridgehead atoms. The SMILES string of the molecule is CNS(=O)(=O)c1ccc(Cl)c(C(=O)Nc2ccc(N3CCCC3)cc2C)c1. The minimum Gasteiger partial charge on any atom is -0.372 e. The summed E-state index contributed by atoms with van der Waals surface area (Å²) in [6.45, 7) is 4.03. The molecule has 1 aliphatic rings. The summed E-state index contributed by atoms with van der Waals surface area (Å²) in [7, 11) is -2.35. The number of hydrogen-bond acceptors (Lipinski definition) is 4. The van der Waals surface area contributed by atoms with Crippen LogP contribution in [0.2, 0.25) is 5.02 Å². The van der Waals surface area contributed by atoms with Crippen LogP contribution in [-0.2, 0) is 10.0 Å². The second-order valence-corrected chi connectivity index (χ2v) is 8.79. The predicted molar refractivity (Wildman–Crippen MR) is 108 cm³/mol. The third-order valence-electron chi connectivity index (χ3n) is 4.69. The Morgan fingerprint density at radius 1 is 1.11 bits per heavy atom. The Bertz CT molecular complexity index is 970. The molecule has 0 unspecified atom stereocenters. The summed E-state index contributed by atoms with van der Waals surface area (Å²) >= 11 is 6.12. The molecule has 0 spiro atoms. The first-order valence-electron chi connectivity index (χ1n) is 8.72. The summed E-state index contributed by atoms with van der Waals surface area (Å²) in [4.78, 5) is 15.0. The molecule has 0 radical (unpaired) electrons. The van der Waals surface area contributed by atoms with Crippen LogP contribution in [0.4, 0.5) is 11.4 Å². The predicted octanol–water partition coefficient (Wildman–Crippen LogP) is 3.41. The lowest BCUT2D eigenvalue weighted by Crippen LogP contribution is -2.20. The molecule has 2 N–H and O–H groups in total. The number of benzene rings is 2. The van der Waals surface area contributed by atoms with Crippen LogP contribution in [0, 0.1) is 6.92 Å². The third kappa shape index (κ3) is 4.26. The highest BCUT2D eigenvalue weighted by atomic mass is 35.5. The monoisotopic (exact) mass is 407 g/mol. The highest BCUT2D eigenvalue weighted by Gasteiger charge is 2.19. The fraction of sp³-hybridized carbons (Fsp3) is 0.316. The molecular weight excluding hydrogens is 386 g/mol. The number of rotatable bonds is 5. The lowest BCUT2D eigenvalue weighted by molar-refractivity contribution is 0.102. The van der Waals surface area contributed by atoms with Crippen molar-refractivity contribution in [3.05, 3.63) is 52.5 Å². The fourth-order valence-corrected chi connectivity index (χ4v) is 4.07. The number of aryl methyl sites for hydroxylation is 1. The van der Waals surface area contributed by atoms with Crippen molar-refractivity contribution in [2.45, 2.75) is 24.7 Å². The summed E-state index contributed by atoms with van der Waals surface area (Å²) < 4.78 is 26.2. The van der Waals surface area contributed by atoms with Crippen LogP contribution >= 0.6 is 11.6 Å². The first kappa shape index (κ1) is 19.7. The van der Waals surface area contributed by atoms with Crippen LogP contribution in [0.5, 0.6) is 0 Å². The molecule has 1 heterocycles. The van der Waals surface area contributed by atoms with E-state index in [0.29, 0.717) is 5.69 Å². The van der Waals surface area contributed by atoms with Gasteiger partial charge < -0.3 is 10.2 Å². The Morgan fingerprint density at radius 2 is 1.81 bits per heavy atom. The fourth-order valence-electron chi connectivity index (χ4n) is 3.11. The minimum absolute atomic E-state index is 0.0133. The molecule has 2 aromatic rings. The Hall–Kier alpha value is -2.09. The summed E-state index contributed by atoms with van der Waals surface area (Å²) in [5.41, 5.74) is 2.85. The van der Waals surface area contributed by atoms with Crippen LogP contribution in [0.3, 0.4) is 0 Å². The van der Waals surface area contributed by atoms with Gasteiger partial charge in [0.25, 0.3) is 5.91 Å². The van der Waals surface area contributed by atoms with Crippen molar-refractivity contribution in [3.8, 4) is 0 Å². The van der Waals surface area contributed by atoms with Crippen LogP contribution in [0.25, 0.3) is 0 Å². The van der Waals surface area contributed by atoms with E-state index >= 15 is 0 Å². The molecule has 0 aliphatic carbocycles. The Labute approximate surface area is 164 Å². The van der Waals surface area contributed by atoms with E-state index in [-0.39, 0.29) is 15.5 Å². The summed E-state index contributed by atoms with van der Waals surface area (Å²) in [6, 6.07) is 9.94. The summed E-state index contributed by atoms with van der Waals surface area (Å²) in [5.74, 6) is -0.454. The van der Waals surface area contributed by atoms with Gasteiger partial charge in [0.15, 0.2) is 0 Å². The molecule has 8 heteroatoms. The maximum atomic E-state index is 12.7. The van der Waals surface area contributed by atoms with Gasteiger partial charge in [-0.3, -0.25) is 4.79 Å². The number of halogens is 1. The van der Waals surface area contributed by atoms with E-state index in [9.17, 15) is 13.2 Å². The van der Waals surface area contributed by atoms with Gasteiger partial charge >= 0.3 is 0 Å². The molecule has 2 aromatic carbocycles. The molecular formula is C19H22ClN3O3S.